The summed E-state index contributed by atoms with van der Waals surface area (Å²) >= 11 is 0. The van der Waals surface area contributed by atoms with Gasteiger partial charge in [0.25, 0.3) is 0 Å². The highest BCUT2D eigenvalue weighted by Crippen LogP contribution is 2.37. The van der Waals surface area contributed by atoms with E-state index in [4.69, 9.17) is 14.2 Å². The van der Waals surface area contributed by atoms with Crippen molar-refractivity contribution in [3.63, 3.8) is 0 Å². The Morgan fingerprint density at radius 2 is 1.51 bits per heavy atom. The minimum absolute atomic E-state index is 0.0319. The van der Waals surface area contributed by atoms with Gasteiger partial charge in [0.1, 0.15) is 11.5 Å². The van der Waals surface area contributed by atoms with Gasteiger partial charge in [-0.05, 0) is 65.4 Å². The second kappa shape index (κ2) is 10.7. The first-order chi connectivity index (χ1) is 16.4. The minimum atomic E-state index is -4.79. The lowest BCUT2D eigenvalue weighted by Gasteiger charge is -2.19. The van der Waals surface area contributed by atoms with Gasteiger partial charge in [-0.1, -0.05) is 51.1 Å². The van der Waals surface area contributed by atoms with Gasteiger partial charge in [-0.2, -0.15) is 0 Å². The van der Waals surface area contributed by atoms with E-state index in [-0.39, 0.29) is 35.9 Å². The molecule has 0 saturated heterocycles. The third-order valence-electron chi connectivity index (χ3n) is 4.94. The van der Waals surface area contributed by atoms with Gasteiger partial charge in [-0.3, -0.25) is 0 Å². The molecular weight excluding hydrogens is 461 g/mol. The molecule has 35 heavy (non-hydrogen) atoms. The molecule has 0 aliphatic rings. The lowest BCUT2D eigenvalue weighted by molar-refractivity contribution is -0.274. The van der Waals surface area contributed by atoms with E-state index in [0.29, 0.717) is 16.9 Å². The Morgan fingerprint density at radius 1 is 0.829 bits per heavy atom. The molecule has 0 heterocycles. The molecule has 0 bridgehead atoms. The van der Waals surface area contributed by atoms with Gasteiger partial charge in [-0.25, -0.2) is 4.79 Å². The fourth-order valence-corrected chi connectivity index (χ4v) is 3.25. The first-order valence-corrected chi connectivity index (χ1v) is 11.0. The lowest BCUT2D eigenvalue weighted by Crippen LogP contribution is -2.17. The molecule has 0 amide bonds. The molecule has 3 aromatic rings. The Balaban J connectivity index is 1.93. The van der Waals surface area contributed by atoms with Crippen LogP contribution in [0.3, 0.4) is 0 Å². The maximum atomic E-state index is 12.6. The van der Waals surface area contributed by atoms with E-state index in [1.54, 1.807) is 31.2 Å². The highest BCUT2D eigenvalue weighted by molar-refractivity contribution is 5.72. The molecular formula is C27H27F3O5. The van der Waals surface area contributed by atoms with Crippen LogP contribution in [-0.4, -0.2) is 25.5 Å². The molecule has 0 fully saturated rings. The predicted octanol–water partition coefficient (Wildman–Crippen LogP) is 7.28. The van der Waals surface area contributed by atoms with Crippen molar-refractivity contribution in [1.82, 2.24) is 0 Å². The molecule has 0 unspecified atom stereocenters. The molecule has 0 aromatic heterocycles. The number of esters is 1. The molecule has 3 aromatic carbocycles. The van der Waals surface area contributed by atoms with Gasteiger partial charge in [0.05, 0.1) is 6.61 Å². The fourth-order valence-electron chi connectivity index (χ4n) is 3.25. The first-order valence-electron chi connectivity index (χ1n) is 11.0. The maximum absolute atomic E-state index is 12.6. The topological polar surface area (TPSA) is 54.0 Å². The predicted molar refractivity (Wildman–Crippen MR) is 126 cm³/mol. The molecule has 0 spiro atoms. The van der Waals surface area contributed by atoms with Crippen LogP contribution in [0.5, 0.6) is 23.0 Å². The van der Waals surface area contributed by atoms with E-state index in [1.807, 2.05) is 24.3 Å². The van der Waals surface area contributed by atoms with Crippen LogP contribution in [0.25, 0.3) is 11.1 Å². The number of carbonyl (C=O) groups excluding carboxylic acids is 1. The van der Waals surface area contributed by atoms with E-state index >= 15 is 0 Å². The lowest BCUT2D eigenvalue weighted by atomic mass is 9.87. The molecule has 0 radical (unpaired) electrons. The molecule has 8 heteroatoms. The SMILES string of the molecule is CCOC(=O)COc1ccc(-c2cccc(OC(F)(F)F)c2)cc1Oc1ccc(C(C)(C)C)cc1. The van der Waals surface area contributed by atoms with E-state index in [2.05, 4.69) is 25.5 Å². The Morgan fingerprint density at radius 3 is 2.14 bits per heavy atom. The summed E-state index contributed by atoms with van der Waals surface area (Å²) in [4.78, 5) is 11.8. The van der Waals surface area contributed by atoms with E-state index in [9.17, 15) is 18.0 Å². The summed E-state index contributed by atoms with van der Waals surface area (Å²) < 4.78 is 58.5. The average Bonchev–Trinajstić information content (AvgIpc) is 2.77. The number of ether oxygens (including phenoxy) is 4. The van der Waals surface area contributed by atoms with Gasteiger partial charge in [-0.15, -0.1) is 13.2 Å². The summed E-state index contributed by atoms with van der Waals surface area (Å²) in [6, 6.07) is 18.0. The van der Waals surface area contributed by atoms with Crippen LogP contribution in [0.2, 0.25) is 0 Å². The number of rotatable bonds is 8. The second-order valence-electron chi connectivity index (χ2n) is 8.71. The van der Waals surface area contributed by atoms with Crippen LogP contribution < -0.4 is 14.2 Å². The molecule has 186 valence electrons. The van der Waals surface area contributed by atoms with E-state index < -0.39 is 12.3 Å². The zero-order valence-corrected chi connectivity index (χ0v) is 19.9. The van der Waals surface area contributed by atoms with Crippen LogP contribution in [0.15, 0.2) is 66.7 Å². The van der Waals surface area contributed by atoms with Crippen molar-refractivity contribution in [3.8, 4) is 34.1 Å². The van der Waals surface area contributed by atoms with Crippen molar-refractivity contribution in [2.24, 2.45) is 0 Å². The van der Waals surface area contributed by atoms with Crippen LogP contribution in [0, 0.1) is 0 Å². The monoisotopic (exact) mass is 488 g/mol. The third kappa shape index (κ3) is 7.67. The highest BCUT2D eigenvalue weighted by Gasteiger charge is 2.31. The average molecular weight is 489 g/mol. The Labute approximate surface area is 202 Å². The zero-order valence-electron chi connectivity index (χ0n) is 19.9. The smallest absolute Gasteiger partial charge is 0.478 e. The van der Waals surface area contributed by atoms with Crippen LogP contribution in [0.1, 0.15) is 33.3 Å². The summed E-state index contributed by atoms with van der Waals surface area (Å²) in [6.07, 6.45) is -4.79. The molecule has 5 nitrogen and oxygen atoms in total. The molecule has 3 rings (SSSR count). The number of carbonyl (C=O) groups is 1. The van der Waals surface area contributed by atoms with Gasteiger partial charge >= 0.3 is 12.3 Å². The minimum Gasteiger partial charge on any atom is -0.478 e. The largest absolute Gasteiger partial charge is 0.573 e. The van der Waals surface area contributed by atoms with Gasteiger partial charge < -0.3 is 18.9 Å². The number of benzene rings is 3. The van der Waals surface area contributed by atoms with Crippen molar-refractivity contribution in [1.29, 1.82) is 0 Å². The summed E-state index contributed by atoms with van der Waals surface area (Å²) in [7, 11) is 0. The summed E-state index contributed by atoms with van der Waals surface area (Å²) in [5.74, 6) is 0.235. The normalized spacial score (nSPS) is 11.6. The molecule has 0 atom stereocenters. The molecule has 0 N–H and O–H groups in total. The van der Waals surface area contributed by atoms with E-state index in [1.165, 1.54) is 18.2 Å². The summed E-state index contributed by atoms with van der Waals surface area (Å²) in [5.41, 5.74) is 2.15. The van der Waals surface area contributed by atoms with Gasteiger partial charge in [0.15, 0.2) is 18.1 Å². The Kier molecular flexibility index (Phi) is 7.94. The van der Waals surface area contributed by atoms with Crippen molar-refractivity contribution in [2.45, 2.75) is 39.5 Å². The molecule has 0 aliphatic heterocycles. The van der Waals surface area contributed by atoms with E-state index in [0.717, 1.165) is 5.56 Å². The second-order valence-corrected chi connectivity index (χ2v) is 8.71. The highest BCUT2D eigenvalue weighted by atomic mass is 19.4. The zero-order chi connectivity index (χ0) is 25.6. The van der Waals surface area contributed by atoms with Crippen LogP contribution in [-0.2, 0) is 14.9 Å². The summed E-state index contributed by atoms with van der Waals surface area (Å²) in [6.45, 7) is 7.90. The van der Waals surface area contributed by atoms with Crippen molar-refractivity contribution < 1.29 is 36.9 Å². The number of hydrogen-bond donors (Lipinski definition) is 0. The maximum Gasteiger partial charge on any atom is 0.573 e. The molecule has 0 saturated carbocycles. The number of halogens is 3. The molecule has 0 aliphatic carbocycles. The summed E-state index contributed by atoms with van der Waals surface area (Å²) in [5, 5.41) is 0. The Bertz CT molecular complexity index is 1150. The van der Waals surface area contributed by atoms with Crippen molar-refractivity contribution in [3.05, 3.63) is 72.3 Å². The van der Waals surface area contributed by atoms with Crippen LogP contribution in [0.4, 0.5) is 13.2 Å². The third-order valence-corrected chi connectivity index (χ3v) is 4.94. The Hall–Kier alpha value is -3.68. The number of hydrogen-bond acceptors (Lipinski definition) is 5. The fraction of sp³-hybridized carbons (Fsp3) is 0.296. The number of alkyl halides is 3. The van der Waals surface area contributed by atoms with Gasteiger partial charge in [0, 0.05) is 0 Å². The quantitative estimate of drug-likeness (QED) is 0.312. The van der Waals surface area contributed by atoms with Gasteiger partial charge in [0.2, 0.25) is 0 Å². The standard InChI is InChI=1S/C27H27F3O5/c1-5-32-25(31)17-33-23-14-9-19(18-7-6-8-22(15-18)35-27(28,29)30)16-24(23)34-21-12-10-20(11-13-21)26(2,3)4/h6-16H,5,17H2,1-4H3. The van der Waals surface area contributed by atoms with Crippen molar-refractivity contribution in [2.75, 3.05) is 13.2 Å². The first kappa shape index (κ1) is 25.9. The van der Waals surface area contributed by atoms with Crippen LogP contribution >= 0.6 is 0 Å². The van der Waals surface area contributed by atoms with Crippen molar-refractivity contribution >= 4 is 5.97 Å².